The van der Waals surface area contributed by atoms with E-state index in [1.165, 1.54) is 6.08 Å². The fourth-order valence-corrected chi connectivity index (χ4v) is 5.49. The molecule has 0 aliphatic carbocycles. The van der Waals surface area contributed by atoms with Crippen LogP contribution >= 0.6 is 10.8 Å². The highest BCUT2D eigenvalue weighted by Crippen LogP contribution is 2.52. The number of imidazole rings is 1. The summed E-state index contributed by atoms with van der Waals surface area (Å²) in [5, 5.41) is 3.05. The molecular formula is C27H27N5O4S. The minimum atomic E-state index is -3.36. The zero-order chi connectivity index (χ0) is 26.0. The quantitative estimate of drug-likeness (QED) is 0.210. The van der Waals surface area contributed by atoms with Crippen molar-refractivity contribution in [2.45, 2.75) is 24.9 Å². The Kier molecular flexibility index (Phi) is 6.81. The van der Waals surface area contributed by atoms with Crippen LogP contribution < -0.4 is 15.8 Å². The van der Waals surface area contributed by atoms with Crippen LogP contribution in [0.25, 0.3) is 15.9 Å². The molecule has 0 unspecified atom stereocenters. The summed E-state index contributed by atoms with van der Waals surface area (Å²) in [4.78, 5) is 32.8. The molecule has 190 valence electrons. The molecule has 1 aliphatic heterocycles. The minimum Gasteiger partial charge on any atom is -0.344 e. The molecule has 4 aromatic rings. The van der Waals surface area contributed by atoms with E-state index in [4.69, 9.17) is 5.73 Å². The van der Waals surface area contributed by atoms with Crippen molar-refractivity contribution in [2.75, 3.05) is 0 Å². The van der Waals surface area contributed by atoms with E-state index in [2.05, 4.69) is 20.0 Å². The molecule has 0 saturated heterocycles. The maximum atomic E-state index is 13.1. The predicted molar refractivity (Wildman–Crippen MR) is 144 cm³/mol. The Hall–Kier alpha value is -3.96. The molecule has 2 amide bonds. The van der Waals surface area contributed by atoms with Crippen LogP contribution in [0.5, 0.6) is 0 Å². The number of nitrogens with one attached hydrogen (secondary N) is 3. The van der Waals surface area contributed by atoms with Gasteiger partial charge in [0.05, 0.1) is 28.0 Å². The number of H-pyrrole nitrogens is 1. The molecule has 0 fully saturated rings. The average Bonchev–Trinajstić information content (AvgIpc) is 3.44. The molecule has 2 heterocycles. The van der Waals surface area contributed by atoms with Gasteiger partial charge in [-0.15, -0.1) is 0 Å². The largest absolute Gasteiger partial charge is 0.344 e. The number of para-hydroxylation sites is 2. The highest BCUT2D eigenvalue weighted by molar-refractivity contribution is 8.31. The summed E-state index contributed by atoms with van der Waals surface area (Å²) in [6, 6.07) is 23.1. The molecule has 5 rings (SSSR count). The fourth-order valence-electron chi connectivity index (χ4n) is 4.31. The van der Waals surface area contributed by atoms with Gasteiger partial charge >= 0.3 is 0 Å². The number of carbonyl (C=O) groups excluding carboxylic acids is 2. The number of fused-ring (bicyclic) bond motifs is 1. The summed E-state index contributed by atoms with van der Waals surface area (Å²) in [5.41, 5.74) is 10.3. The van der Waals surface area contributed by atoms with Crippen molar-refractivity contribution in [3.8, 4) is 0 Å². The molecule has 37 heavy (non-hydrogen) atoms. The number of hydrogen-bond donors (Lipinski definition) is 6. The summed E-state index contributed by atoms with van der Waals surface area (Å²) in [7, 11) is -3.36. The first-order valence-corrected chi connectivity index (χ1v) is 13.3. The Bertz CT molecular complexity index is 1430. The molecule has 1 aromatic heterocycles. The molecule has 3 aromatic carbocycles. The second-order valence-corrected chi connectivity index (χ2v) is 10.7. The molecular weight excluding hydrogens is 490 g/mol. The van der Waals surface area contributed by atoms with E-state index >= 15 is 0 Å². The van der Waals surface area contributed by atoms with Crippen molar-refractivity contribution < 1.29 is 18.7 Å². The average molecular weight is 518 g/mol. The number of rotatable bonds is 8. The van der Waals surface area contributed by atoms with Crippen molar-refractivity contribution in [3.63, 3.8) is 0 Å². The highest BCUT2D eigenvalue weighted by Gasteiger charge is 2.29. The van der Waals surface area contributed by atoms with Crippen LogP contribution in [-0.2, 0) is 22.4 Å². The lowest BCUT2D eigenvalue weighted by Crippen LogP contribution is -2.44. The van der Waals surface area contributed by atoms with Gasteiger partial charge in [0, 0.05) is 6.08 Å². The van der Waals surface area contributed by atoms with Crippen LogP contribution in [0, 0.1) is 0 Å². The first-order valence-electron chi connectivity index (χ1n) is 11.7. The maximum absolute atomic E-state index is 13.1. The molecule has 2 atom stereocenters. The number of nitrogens with two attached hydrogens (primary N) is 1. The minimum absolute atomic E-state index is 0.151. The van der Waals surface area contributed by atoms with E-state index < -0.39 is 28.8 Å². The molecule has 0 saturated carbocycles. The summed E-state index contributed by atoms with van der Waals surface area (Å²) in [5.74, 6) is -0.229. The lowest BCUT2D eigenvalue weighted by Gasteiger charge is -2.29. The van der Waals surface area contributed by atoms with E-state index in [1.807, 2.05) is 66.7 Å². The smallest absolute Gasteiger partial charge is 0.264 e. The molecule has 10 heteroatoms. The summed E-state index contributed by atoms with van der Waals surface area (Å²) in [6.45, 7) is 0. The zero-order valence-electron chi connectivity index (χ0n) is 19.8. The lowest BCUT2D eigenvalue weighted by atomic mass is 10.0. The van der Waals surface area contributed by atoms with Crippen molar-refractivity contribution in [2.24, 2.45) is 5.73 Å². The number of hydrogen-bond acceptors (Lipinski definition) is 6. The van der Waals surface area contributed by atoms with Gasteiger partial charge in [-0.2, -0.15) is 0 Å². The summed E-state index contributed by atoms with van der Waals surface area (Å²) in [6.07, 6.45) is 2.01. The van der Waals surface area contributed by atoms with Gasteiger partial charge in [-0.25, -0.2) is 9.71 Å². The topological polar surface area (TPSA) is 153 Å². The van der Waals surface area contributed by atoms with Gasteiger partial charge in [-0.05, 0) is 41.7 Å². The van der Waals surface area contributed by atoms with Crippen molar-refractivity contribution >= 4 is 38.5 Å². The molecule has 9 nitrogen and oxygen atoms in total. The standard InChI is InChI=1S/C27H27N5O4S/c28-20(14-17-6-2-1-3-7-17)27(34)31-23(26-29-21-8-4-5-9-22(21)30-26)15-18-10-12-19(13-11-18)24-16-25(33)32-37(24,35)36/h1-13,16,20,23,35-36H,14-15,28H2,(H,29,30)(H,31,34)(H,32,33)/t20-,23+/m0/s1. The first kappa shape index (κ1) is 24.7. The predicted octanol–water partition coefficient (Wildman–Crippen LogP) is 3.67. The van der Waals surface area contributed by atoms with Crippen molar-refractivity contribution in [3.05, 3.63) is 107 Å². The molecule has 1 aliphatic rings. The molecule has 0 spiro atoms. The van der Waals surface area contributed by atoms with E-state index in [0.717, 1.165) is 22.2 Å². The van der Waals surface area contributed by atoms with Gasteiger partial charge in [0.15, 0.2) is 0 Å². The Balaban J connectivity index is 1.37. The van der Waals surface area contributed by atoms with Crippen LogP contribution in [0.1, 0.15) is 28.6 Å². The van der Waals surface area contributed by atoms with Gasteiger partial charge in [-0.1, -0.05) is 77.5 Å². The van der Waals surface area contributed by atoms with Gasteiger partial charge in [-0.3, -0.25) is 18.7 Å². The molecule has 0 bridgehead atoms. The fraction of sp³-hybridized carbons (Fsp3) is 0.148. The Morgan fingerprint density at radius 3 is 2.30 bits per heavy atom. The Morgan fingerprint density at radius 2 is 1.62 bits per heavy atom. The number of carbonyl (C=O) groups is 2. The summed E-state index contributed by atoms with van der Waals surface area (Å²) >= 11 is 0. The van der Waals surface area contributed by atoms with Gasteiger partial charge < -0.3 is 16.0 Å². The van der Waals surface area contributed by atoms with E-state index in [-0.39, 0.29) is 10.8 Å². The summed E-state index contributed by atoms with van der Waals surface area (Å²) < 4.78 is 22.4. The molecule has 0 radical (unpaired) electrons. The number of nitrogens with zero attached hydrogens (tertiary/aromatic N) is 1. The lowest BCUT2D eigenvalue weighted by molar-refractivity contribution is -0.123. The third-order valence-corrected chi connectivity index (χ3v) is 7.63. The van der Waals surface area contributed by atoms with Gasteiger partial charge in [0.25, 0.3) is 5.91 Å². The Labute approximate surface area is 215 Å². The number of amides is 2. The van der Waals surface area contributed by atoms with E-state index in [0.29, 0.717) is 24.2 Å². The Morgan fingerprint density at radius 1 is 0.946 bits per heavy atom. The number of benzene rings is 3. The second kappa shape index (κ2) is 10.2. The van der Waals surface area contributed by atoms with Crippen LogP contribution in [0.15, 0.2) is 84.9 Å². The number of aromatic amines is 1. The van der Waals surface area contributed by atoms with E-state index in [1.54, 1.807) is 12.1 Å². The molecule has 7 N–H and O–H groups in total. The van der Waals surface area contributed by atoms with Gasteiger partial charge in [0.2, 0.25) is 5.91 Å². The maximum Gasteiger partial charge on any atom is 0.264 e. The second-order valence-electron chi connectivity index (χ2n) is 8.92. The van der Waals surface area contributed by atoms with E-state index in [9.17, 15) is 18.7 Å². The SMILES string of the molecule is N[C@@H](Cc1ccccc1)C(=O)N[C@H](Cc1ccc(C2=CC(=O)NS2(O)O)cc1)c1nc2ccccc2[nH]1. The van der Waals surface area contributed by atoms with Crippen LogP contribution in [0.2, 0.25) is 0 Å². The normalized spacial score (nSPS) is 17.1. The van der Waals surface area contributed by atoms with Crippen molar-refractivity contribution in [1.29, 1.82) is 0 Å². The monoisotopic (exact) mass is 517 g/mol. The third kappa shape index (κ3) is 5.57. The third-order valence-electron chi connectivity index (χ3n) is 6.18. The van der Waals surface area contributed by atoms with Crippen LogP contribution in [0.4, 0.5) is 0 Å². The van der Waals surface area contributed by atoms with Gasteiger partial charge in [0.1, 0.15) is 5.82 Å². The number of aromatic nitrogens is 2. The zero-order valence-corrected chi connectivity index (χ0v) is 20.6. The highest BCUT2D eigenvalue weighted by atomic mass is 32.3. The first-order chi connectivity index (χ1) is 17.8. The van der Waals surface area contributed by atoms with Crippen molar-refractivity contribution in [1.82, 2.24) is 20.0 Å². The van der Waals surface area contributed by atoms with Crippen LogP contribution in [0.3, 0.4) is 0 Å². The van der Waals surface area contributed by atoms with Crippen LogP contribution in [-0.4, -0.2) is 36.9 Å².